The summed E-state index contributed by atoms with van der Waals surface area (Å²) in [6.07, 6.45) is 0. The summed E-state index contributed by atoms with van der Waals surface area (Å²) in [6, 6.07) is 11.8. The Hall–Kier alpha value is -2.98. The number of hydrogen-bond donors (Lipinski definition) is 2. The van der Waals surface area contributed by atoms with E-state index in [-0.39, 0.29) is 11.6 Å². The van der Waals surface area contributed by atoms with E-state index >= 15 is 0 Å². The van der Waals surface area contributed by atoms with Gasteiger partial charge in [0.15, 0.2) is 11.5 Å². The highest BCUT2D eigenvalue weighted by atomic mass is 16.2. The third-order valence-corrected chi connectivity index (χ3v) is 2.72. The molecule has 1 amide bonds. The highest BCUT2D eigenvalue weighted by Crippen LogP contribution is 2.15. The van der Waals surface area contributed by atoms with Gasteiger partial charge in [-0.3, -0.25) is 4.79 Å². The van der Waals surface area contributed by atoms with Crippen LogP contribution >= 0.6 is 0 Å². The Morgan fingerprint density at radius 2 is 1.95 bits per heavy atom. The number of aromatic nitrogens is 2. The second kappa shape index (κ2) is 5.77. The quantitative estimate of drug-likeness (QED) is 0.632. The molecule has 0 saturated heterocycles. The summed E-state index contributed by atoms with van der Waals surface area (Å²) in [7, 11) is 1.63. The fraction of sp³-hybridized carbons (Fsp3) is 0.0769. The zero-order valence-corrected chi connectivity index (χ0v) is 10.7. The average molecular weight is 268 g/mol. The van der Waals surface area contributed by atoms with Gasteiger partial charge in [0.1, 0.15) is 0 Å². The molecule has 0 bridgehead atoms. The zero-order chi connectivity index (χ0) is 14.5. The lowest BCUT2D eigenvalue weighted by Crippen LogP contribution is -2.27. The number of rotatable bonds is 3. The van der Waals surface area contributed by atoms with E-state index in [1.807, 2.05) is 6.07 Å². The van der Waals surface area contributed by atoms with Gasteiger partial charge in [-0.25, -0.2) is 5.84 Å². The number of amides is 1. The second-order valence-corrected chi connectivity index (χ2v) is 3.97. The Kier molecular flexibility index (Phi) is 3.88. The van der Waals surface area contributed by atoms with Crippen LogP contribution in [0.1, 0.15) is 16.1 Å². The predicted octanol–water partition coefficient (Wildman–Crippen LogP) is 0.910. The number of nitriles is 1. The first kappa shape index (κ1) is 13.5. The molecule has 2 aromatic rings. The van der Waals surface area contributed by atoms with Crippen molar-refractivity contribution < 1.29 is 4.79 Å². The van der Waals surface area contributed by atoms with E-state index in [4.69, 9.17) is 11.1 Å². The van der Waals surface area contributed by atoms with Gasteiger partial charge in [-0.1, -0.05) is 0 Å². The molecule has 1 heterocycles. The molecule has 100 valence electrons. The highest BCUT2D eigenvalue weighted by Gasteiger charge is 2.15. The van der Waals surface area contributed by atoms with Crippen molar-refractivity contribution in [3.05, 3.63) is 47.7 Å². The Morgan fingerprint density at radius 1 is 1.25 bits per heavy atom. The van der Waals surface area contributed by atoms with Crippen molar-refractivity contribution in [3.8, 4) is 6.07 Å². The molecular weight excluding hydrogens is 256 g/mol. The zero-order valence-electron chi connectivity index (χ0n) is 10.7. The summed E-state index contributed by atoms with van der Waals surface area (Å²) in [5, 5.41) is 16.3. The van der Waals surface area contributed by atoms with Crippen LogP contribution in [0.15, 0.2) is 36.4 Å². The Morgan fingerprint density at radius 3 is 2.45 bits per heavy atom. The molecule has 1 aromatic heterocycles. The first-order chi connectivity index (χ1) is 9.65. The van der Waals surface area contributed by atoms with Gasteiger partial charge in [0.2, 0.25) is 0 Å². The normalized spacial score (nSPS) is 9.65. The molecule has 2 rings (SSSR count). The maximum absolute atomic E-state index is 12.2. The lowest BCUT2D eigenvalue weighted by molar-refractivity contribution is 0.0987. The van der Waals surface area contributed by atoms with Crippen LogP contribution in [0.5, 0.6) is 0 Å². The molecule has 0 aliphatic carbocycles. The third kappa shape index (κ3) is 2.71. The summed E-state index contributed by atoms with van der Waals surface area (Å²) in [4.78, 5) is 13.6. The van der Waals surface area contributed by atoms with E-state index in [2.05, 4.69) is 15.6 Å². The standard InChI is InChI=1S/C13H12N6O/c1-19(10-4-2-9(8-14)3-5-10)13(20)11-6-7-12(16-15)18-17-11/h2-7H,15H2,1H3,(H,16,18). The van der Waals surface area contributed by atoms with Crippen LogP contribution in [-0.4, -0.2) is 23.2 Å². The van der Waals surface area contributed by atoms with Crippen molar-refractivity contribution in [1.82, 2.24) is 10.2 Å². The van der Waals surface area contributed by atoms with Gasteiger partial charge >= 0.3 is 0 Å². The Bertz CT molecular complexity index is 644. The Balaban J connectivity index is 2.20. The minimum atomic E-state index is -0.300. The molecule has 0 spiro atoms. The van der Waals surface area contributed by atoms with Crippen LogP contribution in [0.2, 0.25) is 0 Å². The fourth-order valence-corrected chi connectivity index (χ4v) is 1.57. The maximum atomic E-state index is 12.2. The maximum Gasteiger partial charge on any atom is 0.278 e. The molecule has 7 heteroatoms. The van der Waals surface area contributed by atoms with E-state index < -0.39 is 0 Å². The molecule has 1 aromatic carbocycles. The van der Waals surface area contributed by atoms with Gasteiger partial charge < -0.3 is 10.3 Å². The number of carbonyl (C=O) groups excluding carboxylic acids is 1. The summed E-state index contributed by atoms with van der Waals surface area (Å²) in [6.45, 7) is 0. The van der Waals surface area contributed by atoms with Gasteiger partial charge in [0.05, 0.1) is 11.6 Å². The van der Waals surface area contributed by atoms with Crippen LogP contribution in [-0.2, 0) is 0 Å². The SMILES string of the molecule is CN(C(=O)c1ccc(NN)nn1)c1ccc(C#N)cc1. The van der Waals surface area contributed by atoms with Crippen molar-refractivity contribution in [1.29, 1.82) is 5.26 Å². The van der Waals surface area contributed by atoms with Crippen molar-refractivity contribution in [2.24, 2.45) is 5.84 Å². The van der Waals surface area contributed by atoms with E-state index in [0.717, 1.165) is 0 Å². The number of nitrogens with zero attached hydrogens (tertiary/aromatic N) is 4. The van der Waals surface area contributed by atoms with Crippen LogP contribution in [0.25, 0.3) is 0 Å². The molecule has 0 unspecified atom stereocenters. The van der Waals surface area contributed by atoms with Crippen LogP contribution < -0.4 is 16.2 Å². The monoisotopic (exact) mass is 268 g/mol. The molecule has 0 aliphatic rings. The number of hydrogen-bond acceptors (Lipinski definition) is 6. The smallest absolute Gasteiger partial charge is 0.278 e. The van der Waals surface area contributed by atoms with E-state index in [1.165, 1.54) is 11.0 Å². The van der Waals surface area contributed by atoms with Crippen molar-refractivity contribution in [3.63, 3.8) is 0 Å². The third-order valence-electron chi connectivity index (χ3n) is 2.72. The lowest BCUT2D eigenvalue weighted by Gasteiger charge is -2.16. The summed E-state index contributed by atoms with van der Waals surface area (Å²) in [5.74, 6) is 5.26. The summed E-state index contributed by atoms with van der Waals surface area (Å²) >= 11 is 0. The number of nitrogens with two attached hydrogens (primary N) is 1. The predicted molar refractivity (Wildman–Crippen MR) is 73.7 cm³/mol. The molecule has 3 N–H and O–H groups in total. The molecule has 7 nitrogen and oxygen atoms in total. The molecule has 20 heavy (non-hydrogen) atoms. The van der Waals surface area contributed by atoms with Crippen LogP contribution in [0, 0.1) is 11.3 Å². The Labute approximate surface area is 115 Å². The number of carbonyl (C=O) groups is 1. The number of nitrogens with one attached hydrogen (secondary N) is 1. The van der Waals surface area contributed by atoms with E-state index in [0.29, 0.717) is 17.1 Å². The second-order valence-electron chi connectivity index (χ2n) is 3.97. The van der Waals surface area contributed by atoms with Crippen molar-refractivity contribution in [2.45, 2.75) is 0 Å². The minimum Gasteiger partial charge on any atom is -0.310 e. The number of benzene rings is 1. The molecule has 0 atom stereocenters. The minimum absolute atomic E-state index is 0.204. The summed E-state index contributed by atoms with van der Waals surface area (Å²) in [5.41, 5.74) is 3.74. The van der Waals surface area contributed by atoms with Gasteiger partial charge in [-0.2, -0.15) is 5.26 Å². The number of nitrogen functional groups attached to an aromatic ring is 1. The first-order valence-electron chi connectivity index (χ1n) is 5.74. The molecule has 0 aliphatic heterocycles. The van der Waals surface area contributed by atoms with Crippen LogP contribution in [0.3, 0.4) is 0 Å². The largest absolute Gasteiger partial charge is 0.310 e. The highest BCUT2D eigenvalue weighted by molar-refractivity contribution is 6.04. The van der Waals surface area contributed by atoms with Crippen LogP contribution in [0.4, 0.5) is 11.5 Å². The van der Waals surface area contributed by atoms with Crippen molar-refractivity contribution >= 4 is 17.4 Å². The molecule has 0 fully saturated rings. The number of hydrazine groups is 1. The fourth-order valence-electron chi connectivity index (χ4n) is 1.57. The topological polar surface area (TPSA) is 108 Å². The van der Waals surface area contributed by atoms with Gasteiger partial charge in [-0.05, 0) is 36.4 Å². The van der Waals surface area contributed by atoms with Gasteiger partial charge in [0.25, 0.3) is 5.91 Å². The number of anilines is 2. The van der Waals surface area contributed by atoms with Gasteiger partial charge in [-0.15, -0.1) is 10.2 Å². The van der Waals surface area contributed by atoms with E-state index in [9.17, 15) is 4.79 Å². The lowest BCUT2D eigenvalue weighted by atomic mass is 10.2. The molecule has 0 radical (unpaired) electrons. The summed E-state index contributed by atoms with van der Waals surface area (Å²) < 4.78 is 0. The molecule has 0 saturated carbocycles. The van der Waals surface area contributed by atoms with Gasteiger partial charge in [0, 0.05) is 12.7 Å². The molecular formula is C13H12N6O. The van der Waals surface area contributed by atoms with Crippen molar-refractivity contribution in [2.75, 3.05) is 17.4 Å². The average Bonchev–Trinajstić information content (AvgIpc) is 2.53. The first-order valence-corrected chi connectivity index (χ1v) is 5.74. The van der Waals surface area contributed by atoms with E-state index in [1.54, 1.807) is 37.4 Å².